The monoisotopic (exact) mass is 468 g/mol. The Morgan fingerprint density at radius 1 is 0.818 bits per heavy atom. The number of rotatable bonds is 22. The lowest BCUT2D eigenvalue weighted by atomic mass is 9.84. The zero-order valence-electron chi connectivity index (χ0n) is 21.2. The third kappa shape index (κ3) is 17.3. The maximum Gasteiger partial charge on any atom is 0.307 e. The molecular weight excluding hydrogens is 420 g/mol. The second-order valence-corrected chi connectivity index (χ2v) is 9.07. The summed E-state index contributed by atoms with van der Waals surface area (Å²) in [5, 5.41) is 18.7. The zero-order valence-corrected chi connectivity index (χ0v) is 21.2. The summed E-state index contributed by atoms with van der Waals surface area (Å²) in [6.07, 6.45) is 17.8. The minimum Gasteiger partial charge on any atom is -0.481 e. The minimum atomic E-state index is -1.06. The zero-order chi connectivity index (χ0) is 24.9. The van der Waals surface area contributed by atoms with E-state index >= 15 is 0 Å². The first-order valence-electron chi connectivity index (χ1n) is 13.2. The van der Waals surface area contributed by atoms with Crippen molar-refractivity contribution in [1.29, 1.82) is 0 Å². The van der Waals surface area contributed by atoms with Crippen molar-refractivity contribution in [2.75, 3.05) is 0 Å². The van der Waals surface area contributed by atoms with Crippen LogP contribution in [0.5, 0.6) is 0 Å². The molecule has 6 heteroatoms. The van der Waals surface area contributed by atoms with E-state index in [2.05, 4.69) is 6.92 Å². The van der Waals surface area contributed by atoms with Crippen molar-refractivity contribution in [2.24, 2.45) is 11.8 Å². The SMILES string of the molecule is CCCCCCCCC(/C=C/CCCCCCC(=O)OC(CC)CC)C(CC(=O)O)C(=O)O. The van der Waals surface area contributed by atoms with E-state index in [4.69, 9.17) is 9.84 Å². The summed E-state index contributed by atoms with van der Waals surface area (Å²) in [6.45, 7) is 6.22. The van der Waals surface area contributed by atoms with Gasteiger partial charge in [-0.3, -0.25) is 14.4 Å². The molecular formula is C27H48O6. The van der Waals surface area contributed by atoms with Crippen LogP contribution in [0.2, 0.25) is 0 Å². The van der Waals surface area contributed by atoms with Gasteiger partial charge in [0.25, 0.3) is 0 Å². The smallest absolute Gasteiger partial charge is 0.307 e. The molecule has 0 saturated heterocycles. The predicted octanol–water partition coefficient (Wildman–Crippen LogP) is 7.16. The number of hydrogen-bond donors (Lipinski definition) is 2. The van der Waals surface area contributed by atoms with E-state index in [1.807, 2.05) is 26.0 Å². The van der Waals surface area contributed by atoms with E-state index in [0.29, 0.717) is 12.8 Å². The predicted molar refractivity (Wildman–Crippen MR) is 132 cm³/mol. The first kappa shape index (κ1) is 31.1. The quantitative estimate of drug-likeness (QED) is 0.0993. The molecule has 0 spiro atoms. The van der Waals surface area contributed by atoms with Crippen LogP contribution in [0.3, 0.4) is 0 Å². The van der Waals surface area contributed by atoms with Crippen molar-refractivity contribution < 1.29 is 29.3 Å². The minimum absolute atomic E-state index is 0.0303. The van der Waals surface area contributed by atoms with Crippen molar-refractivity contribution in [2.45, 2.75) is 130 Å². The number of unbranched alkanes of at least 4 members (excludes halogenated alkanes) is 9. The average molecular weight is 469 g/mol. The summed E-state index contributed by atoms with van der Waals surface area (Å²) in [4.78, 5) is 34.7. The Bertz CT molecular complexity index is 553. The van der Waals surface area contributed by atoms with Gasteiger partial charge >= 0.3 is 17.9 Å². The lowest BCUT2D eigenvalue weighted by Crippen LogP contribution is -2.25. The van der Waals surface area contributed by atoms with Crippen molar-refractivity contribution in [3.63, 3.8) is 0 Å². The van der Waals surface area contributed by atoms with Gasteiger partial charge in [-0.1, -0.05) is 84.3 Å². The molecule has 0 aliphatic carbocycles. The number of carbonyl (C=O) groups is 3. The van der Waals surface area contributed by atoms with Crippen LogP contribution in [0.4, 0.5) is 0 Å². The van der Waals surface area contributed by atoms with Crippen LogP contribution in [0, 0.1) is 11.8 Å². The molecule has 0 heterocycles. The number of ether oxygens (including phenoxy) is 1. The molecule has 0 fully saturated rings. The Hall–Kier alpha value is -1.85. The Kier molecular flexibility index (Phi) is 19.6. The molecule has 192 valence electrons. The Morgan fingerprint density at radius 2 is 1.42 bits per heavy atom. The van der Waals surface area contributed by atoms with Crippen molar-refractivity contribution in [1.82, 2.24) is 0 Å². The molecule has 0 rings (SSSR count). The van der Waals surface area contributed by atoms with Crippen LogP contribution in [0.1, 0.15) is 124 Å². The highest BCUT2D eigenvalue weighted by molar-refractivity contribution is 5.78. The van der Waals surface area contributed by atoms with E-state index in [1.165, 1.54) is 19.3 Å². The van der Waals surface area contributed by atoms with E-state index in [-0.39, 0.29) is 24.4 Å². The molecule has 0 bridgehead atoms. The van der Waals surface area contributed by atoms with Crippen LogP contribution >= 0.6 is 0 Å². The highest BCUT2D eigenvalue weighted by Gasteiger charge is 2.28. The van der Waals surface area contributed by atoms with Gasteiger partial charge in [0.1, 0.15) is 6.10 Å². The second kappa shape index (κ2) is 20.7. The number of allylic oxidation sites excluding steroid dienone is 2. The highest BCUT2D eigenvalue weighted by atomic mass is 16.5. The van der Waals surface area contributed by atoms with Gasteiger partial charge in [-0.15, -0.1) is 0 Å². The maximum atomic E-state index is 11.8. The number of carboxylic acid groups (broad SMARTS) is 2. The molecule has 0 aromatic carbocycles. The molecule has 0 aliphatic heterocycles. The molecule has 2 unspecified atom stereocenters. The Labute approximate surface area is 201 Å². The topological polar surface area (TPSA) is 101 Å². The third-order valence-electron chi connectivity index (χ3n) is 6.21. The van der Waals surface area contributed by atoms with Crippen molar-refractivity contribution in [3.8, 4) is 0 Å². The van der Waals surface area contributed by atoms with Crippen LogP contribution in [0.15, 0.2) is 12.2 Å². The van der Waals surface area contributed by atoms with Gasteiger partial charge in [0.2, 0.25) is 0 Å². The normalized spacial score (nSPS) is 13.3. The molecule has 0 aromatic rings. The maximum absolute atomic E-state index is 11.8. The average Bonchev–Trinajstić information content (AvgIpc) is 2.78. The molecule has 0 aliphatic rings. The molecule has 0 radical (unpaired) electrons. The molecule has 0 amide bonds. The fourth-order valence-corrected chi connectivity index (χ4v) is 4.06. The van der Waals surface area contributed by atoms with E-state index in [9.17, 15) is 19.5 Å². The van der Waals surface area contributed by atoms with Crippen LogP contribution in [-0.4, -0.2) is 34.2 Å². The van der Waals surface area contributed by atoms with Gasteiger partial charge in [-0.25, -0.2) is 0 Å². The van der Waals surface area contributed by atoms with Gasteiger partial charge in [0, 0.05) is 6.42 Å². The summed E-state index contributed by atoms with van der Waals surface area (Å²) < 4.78 is 5.41. The van der Waals surface area contributed by atoms with Crippen LogP contribution in [0.25, 0.3) is 0 Å². The Balaban J connectivity index is 4.38. The van der Waals surface area contributed by atoms with Crippen molar-refractivity contribution in [3.05, 3.63) is 12.2 Å². The Morgan fingerprint density at radius 3 is 2.03 bits per heavy atom. The van der Waals surface area contributed by atoms with Crippen LogP contribution < -0.4 is 0 Å². The third-order valence-corrected chi connectivity index (χ3v) is 6.21. The number of carboxylic acids is 2. The second-order valence-electron chi connectivity index (χ2n) is 9.07. The number of hydrogen-bond acceptors (Lipinski definition) is 4. The van der Waals surface area contributed by atoms with Gasteiger partial charge < -0.3 is 14.9 Å². The van der Waals surface area contributed by atoms with Crippen molar-refractivity contribution >= 4 is 17.9 Å². The van der Waals surface area contributed by atoms with E-state index < -0.39 is 17.9 Å². The summed E-state index contributed by atoms with van der Waals surface area (Å²) in [7, 11) is 0. The largest absolute Gasteiger partial charge is 0.481 e. The van der Waals surface area contributed by atoms with Gasteiger partial charge in [-0.2, -0.15) is 0 Å². The number of aliphatic carboxylic acids is 2. The van der Waals surface area contributed by atoms with E-state index in [1.54, 1.807) is 0 Å². The molecule has 0 aromatic heterocycles. The van der Waals surface area contributed by atoms with Gasteiger partial charge in [0.05, 0.1) is 12.3 Å². The number of carbonyl (C=O) groups excluding carboxylic acids is 1. The molecule has 2 N–H and O–H groups in total. The molecule has 0 saturated carbocycles. The van der Waals surface area contributed by atoms with Gasteiger partial charge in [-0.05, 0) is 44.4 Å². The molecule has 6 nitrogen and oxygen atoms in total. The fraction of sp³-hybridized carbons (Fsp3) is 0.815. The lowest BCUT2D eigenvalue weighted by molar-refractivity contribution is -0.149. The van der Waals surface area contributed by atoms with Gasteiger partial charge in [0.15, 0.2) is 0 Å². The molecule has 33 heavy (non-hydrogen) atoms. The molecule has 2 atom stereocenters. The van der Waals surface area contributed by atoms with Crippen LogP contribution in [-0.2, 0) is 19.1 Å². The standard InChI is InChI=1S/C27H48O6/c1-4-7-8-9-12-15-18-22(24(27(31)32)21-25(28)29)19-16-13-10-11-14-17-20-26(30)33-23(5-2)6-3/h16,19,22-24H,4-15,17-18,20-21H2,1-3H3,(H,28,29)(H,31,32)/b19-16+. The fourth-order valence-electron chi connectivity index (χ4n) is 4.06. The summed E-state index contributed by atoms with van der Waals surface area (Å²) in [5.41, 5.74) is 0. The first-order valence-corrected chi connectivity index (χ1v) is 13.2. The summed E-state index contributed by atoms with van der Waals surface area (Å²) in [6, 6.07) is 0. The lowest BCUT2D eigenvalue weighted by Gasteiger charge is -2.20. The number of esters is 1. The summed E-state index contributed by atoms with van der Waals surface area (Å²) >= 11 is 0. The first-order chi connectivity index (χ1) is 15.8. The van der Waals surface area contributed by atoms with E-state index in [0.717, 1.165) is 64.2 Å². The highest BCUT2D eigenvalue weighted by Crippen LogP contribution is 2.25. The summed E-state index contributed by atoms with van der Waals surface area (Å²) in [5.74, 6) is -3.33.